The molecule has 0 aliphatic carbocycles. The van der Waals surface area contributed by atoms with Crippen LogP contribution in [-0.2, 0) is 0 Å². The first kappa shape index (κ1) is 11.2. The Hall–Kier alpha value is -1.95. The minimum Gasteiger partial charge on any atom is -0.235 e. The molecule has 2 heterocycles. The fourth-order valence-corrected chi connectivity index (χ4v) is 2.54. The lowest BCUT2D eigenvalue weighted by Gasteiger charge is -2.03. The second kappa shape index (κ2) is 4.06. The second-order valence-corrected chi connectivity index (χ2v) is 4.53. The first-order valence-corrected chi connectivity index (χ1v) is 5.88. The SMILES string of the molecule is Fc1cc(-c2ncnc3ccsc23)cc(F)c1F. The van der Waals surface area contributed by atoms with E-state index in [1.807, 2.05) is 0 Å². The van der Waals surface area contributed by atoms with Gasteiger partial charge in [-0.1, -0.05) is 0 Å². The first-order valence-electron chi connectivity index (χ1n) is 5.00. The van der Waals surface area contributed by atoms with Gasteiger partial charge in [-0.15, -0.1) is 11.3 Å². The number of aromatic nitrogens is 2. The number of hydrogen-bond donors (Lipinski definition) is 0. The van der Waals surface area contributed by atoms with Crippen molar-refractivity contribution in [3.63, 3.8) is 0 Å². The summed E-state index contributed by atoms with van der Waals surface area (Å²) in [6.07, 6.45) is 1.31. The van der Waals surface area contributed by atoms with Gasteiger partial charge in [-0.2, -0.15) is 0 Å². The molecule has 0 amide bonds. The van der Waals surface area contributed by atoms with Crippen molar-refractivity contribution in [1.82, 2.24) is 9.97 Å². The number of rotatable bonds is 1. The van der Waals surface area contributed by atoms with Gasteiger partial charge in [0, 0.05) is 5.56 Å². The molecular weight excluding hydrogens is 261 g/mol. The van der Waals surface area contributed by atoms with E-state index in [9.17, 15) is 13.2 Å². The zero-order chi connectivity index (χ0) is 12.7. The van der Waals surface area contributed by atoms with Gasteiger partial charge < -0.3 is 0 Å². The summed E-state index contributed by atoms with van der Waals surface area (Å²) in [5.74, 6) is -3.93. The van der Waals surface area contributed by atoms with Crippen molar-refractivity contribution < 1.29 is 13.2 Å². The van der Waals surface area contributed by atoms with Crippen LogP contribution >= 0.6 is 11.3 Å². The van der Waals surface area contributed by atoms with Crippen molar-refractivity contribution in [3.8, 4) is 11.3 Å². The van der Waals surface area contributed by atoms with E-state index in [2.05, 4.69) is 9.97 Å². The van der Waals surface area contributed by atoms with Crippen LogP contribution in [0.3, 0.4) is 0 Å². The van der Waals surface area contributed by atoms with Crippen molar-refractivity contribution in [1.29, 1.82) is 0 Å². The fraction of sp³-hybridized carbons (Fsp3) is 0. The average molecular weight is 266 g/mol. The summed E-state index contributed by atoms with van der Waals surface area (Å²) in [6.45, 7) is 0. The Balaban J connectivity index is 2.29. The number of hydrogen-bond acceptors (Lipinski definition) is 3. The molecule has 0 saturated carbocycles. The van der Waals surface area contributed by atoms with Crippen LogP contribution in [0.25, 0.3) is 21.5 Å². The maximum absolute atomic E-state index is 13.2. The van der Waals surface area contributed by atoms with Gasteiger partial charge in [-0.3, -0.25) is 0 Å². The van der Waals surface area contributed by atoms with E-state index < -0.39 is 17.5 Å². The molecule has 2 aromatic heterocycles. The number of benzene rings is 1. The minimum atomic E-state index is -1.48. The molecule has 3 aromatic rings. The van der Waals surface area contributed by atoms with Crippen molar-refractivity contribution in [2.75, 3.05) is 0 Å². The third-order valence-electron chi connectivity index (χ3n) is 2.50. The highest BCUT2D eigenvalue weighted by Crippen LogP contribution is 2.30. The molecule has 0 N–H and O–H groups in total. The summed E-state index contributed by atoms with van der Waals surface area (Å²) < 4.78 is 40.0. The van der Waals surface area contributed by atoms with E-state index in [4.69, 9.17) is 0 Å². The van der Waals surface area contributed by atoms with E-state index in [1.165, 1.54) is 17.7 Å². The Bertz CT molecular complexity index is 716. The highest BCUT2D eigenvalue weighted by molar-refractivity contribution is 7.17. The van der Waals surface area contributed by atoms with Crippen LogP contribution in [0, 0.1) is 17.5 Å². The summed E-state index contributed by atoms with van der Waals surface area (Å²) in [6, 6.07) is 3.64. The Morgan fingerprint density at radius 2 is 1.72 bits per heavy atom. The maximum atomic E-state index is 13.2. The molecule has 0 atom stereocenters. The molecule has 0 saturated heterocycles. The van der Waals surface area contributed by atoms with Crippen LogP contribution in [0.2, 0.25) is 0 Å². The Morgan fingerprint density at radius 1 is 1.00 bits per heavy atom. The van der Waals surface area contributed by atoms with Crippen LogP contribution in [-0.4, -0.2) is 9.97 Å². The van der Waals surface area contributed by atoms with Gasteiger partial charge in [-0.05, 0) is 23.6 Å². The number of fused-ring (bicyclic) bond motifs is 1. The van der Waals surface area contributed by atoms with Crippen molar-refractivity contribution in [2.45, 2.75) is 0 Å². The summed E-state index contributed by atoms with van der Waals surface area (Å²) in [4.78, 5) is 8.03. The predicted octanol–water partition coefficient (Wildman–Crippen LogP) is 3.78. The largest absolute Gasteiger partial charge is 0.235 e. The Morgan fingerprint density at radius 3 is 2.44 bits per heavy atom. The smallest absolute Gasteiger partial charge is 0.194 e. The van der Waals surface area contributed by atoms with E-state index in [0.717, 1.165) is 12.1 Å². The van der Waals surface area contributed by atoms with E-state index in [-0.39, 0.29) is 5.56 Å². The Labute approximate surface area is 104 Å². The lowest BCUT2D eigenvalue weighted by molar-refractivity contribution is 0.447. The third kappa shape index (κ3) is 1.65. The van der Waals surface area contributed by atoms with Gasteiger partial charge >= 0.3 is 0 Å². The molecule has 6 heteroatoms. The number of thiophene rings is 1. The van der Waals surface area contributed by atoms with E-state index >= 15 is 0 Å². The lowest BCUT2D eigenvalue weighted by Crippen LogP contribution is -1.93. The highest BCUT2D eigenvalue weighted by atomic mass is 32.1. The summed E-state index contributed by atoms with van der Waals surface area (Å²) in [5, 5.41) is 1.80. The van der Waals surface area contributed by atoms with Gasteiger partial charge in [0.05, 0.1) is 15.9 Å². The normalized spacial score (nSPS) is 11.1. The van der Waals surface area contributed by atoms with Gasteiger partial charge in [0.15, 0.2) is 17.5 Å². The monoisotopic (exact) mass is 266 g/mol. The van der Waals surface area contributed by atoms with Crippen LogP contribution in [0.15, 0.2) is 29.9 Å². The van der Waals surface area contributed by atoms with Gasteiger partial charge in [0.25, 0.3) is 0 Å². The van der Waals surface area contributed by atoms with Crippen LogP contribution < -0.4 is 0 Å². The zero-order valence-electron chi connectivity index (χ0n) is 8.82. The molecule has 1 aromatic carbocycles. The van der Waals surface area contributed by atoms with Gasteiger partial charge in [-0.25, -0.2) is 23.1 Å². The fourth-order valence-electron chi connectivity index (χ4n) is 1.69. The Kier molecular flexibility index (Phi) is 2.52. The molecular formula is C12H5F3N2S. The molecule has 0 aliphatic rings. The summed E-state index contributed by atoms with van der Waals surface area (Å²) in [5.41, 5.74) is 1.28. The van der Waals surface area contributed by atoms with Gasteiger partial charge in [0.2, 0.25) is 0 Å². The van der Waals surface area contributed by atoms with E-state index in [0.29, 0.717) is 15.9 Å². The molecule has 0 aliphatic heterocycles. The summed E-state index contributed by atoms with van der Waals surface area (Å²) >= 11 is 1.36. The predicted molar refractivity (Wildman–Crippen MR) is 62.7 cm³/mol. The minimum absolute atomic E-state index is 0.196. The third-order valence-corrected chi connectivity index (χ3v) is 3.41. The van der Waals surface area contributed by atoms with Gasteiger partial charge in [0.1, 0.15) is 6.33 Å². The highest BCUT2D eigenvalue weighted by Gasteiger charge is 2.14. The van der Waals surface area contributed by atoms with Crippen LogP contribution in [0.4, 0.5) is 13.2 Å². The van der Waals surface area contributed by atoms with E-state index in [1.54, 1.807) is 11.4 Å². The van der Waals surface area contributed by atoms with Crippen LogP contribution in [0.1, 0.15) is 0 Å². The maximum Gasteiger partial charge on any atom is 0.194 e. The summed E-state index contributed by atoms with van der Waals surface area (Å²) in [7, 11) is 0. The molecule has 0 bridgehead atoms. The van der Waals surface area contributed by atoms with Crippen molar-refractivity contribution in [3.05, 3.63) is 47.4 Å². The molecule has 0 unspecified atom stereocenters. The zero-order valence-corrected chi connectivity index (χ0v) is 9.64. The second-order valence-electron chi connectivity index (χ2n) is 3.61. The first-order chi connectivity index (χ1) is 8.66. The average Bonchev–Trinajstić information content (AvgIpc) is 2.83. The quantitative estimate of drug-likeness (QED) is 0.626. The standard InChI is InChI=1S/C12H5F3N2S/c13-7-3-6(4-8(14)10(7)15)11-12-9(1-2-18-12)16-5-17-11/h1-5H. The molecule has 18 heavy (non-hydrogen) atoms. The molecule has 2 nitrogen and oxygen atoms in total. The van der Waals surface area contributed by atoms with Crippen LogP contribution in [0.5, 0.6) is 0 Å². The molecule has 0 radical (unpaired) electrons. The lowest BCUT2D eigenvalue weighted by atomic mass is 10.1. The molecule has 90 valence electrons. The van der Waals surface area contributed by atoms with Crippen molar-refractivity contribution in [2.24, 2.45) is 0 Å². The molecule has 0 spiro atoms. The number of halogens is 3. The topological polar surface area (TPSA) is 25.8 Å². The molecule has 0 fully saturated rings. The van der Waals surface area contributed by atoms with Crippen molar-refractivity contribution >= 4 is 21.6 Å². The number of nitrogens with zero attached hydrogens (tertiary/aromatic N) is 2. The molecule has 3 rings (SSSR count).